The largest absolute Gasteiger partial charge is 0.496 e. The number of hydrogen-bond donors (Lipinski definition) is 4. The van der Waals surface area contributed by atoms with Crippen LogP contribution in [0.2, 0.25) is 0 Å². The lowest BCUT2D eigenvalue weighted by Crippen LogP contribution is -2.41. The molecule has 0 unspecified atom stereocenters. The van der Waals surface area contributed by atoms with E-state index in [1.807, 2.05) is 25.3 Å². The number of carboxylic acids is 1. The smallest absolute Gasteiger partial charge is 0.326 e. The van der Waals surface area contributed by atoms with Gasteiger partial charge in [0.1, 0.15) is 11.8 Å². The van der Waals surface area contributed by atoms with Crippen molar-refractivity contribution in [2.75, 3.05) is 20.3 Å². The number of hydrogen-bond acceptors (Lipinski definition) is 6. The summed E-state index contributed by atoms with van der Waals surface area (Å²) in [6, 6.07) is 10.2. The summed E-state index contributed by atoms with van der Waals surface area (Å²) in [5, 5.41) is 13.1. The third-order valence-electron chi connectivity index (χ3n) is 7.60. The molecule has 10 nitrogen and oxygen atoms in total. The minimum Gasteiger partial charge on any atom is -0.496 e. The molecule has 0 spiro atoms. The van der Waals surface area contributed by atoms with E-state index in [1.165, 1.54) is 0 Å². The number of aliphatic carboxylic acids is 1. The van der Waals surface area contributed by atoms with Crippen LogP contribution in [-0.2, 0) is 20.9 Å². The number of nitrogens with two attached hydrogens (primary N) is 1. The summed E-state index contributed by atoms with van der Waals surface area (Å²) >= 11 is 0. The summed E-state index contributed by atoms with van der Waals surface area (Å²) < 4.78 is 11.8. The summed E-state index contributed by atoms with van der Waals surface area (Å²) in [5.74, 6) is -1.50. The number of methoxy groups -OCH3 is 1. The Kier molecular flexibility index (Phi) is 9.44. The van der Waals surface area contributed by atoms with Gasteiger partial charge in [-0.2, -0.15) is 0 Å². The van der Waals surface area contributed by atoms with Gasteiger partial charge in [-0.25, -0.2) is 4.79 Å². The molecule has 40 heavy (non-hydrogen) atoms. The highest BCUT2D eigenvalue weighted by atomic mass is 16.5. The molecule has 1 aromatic heterocycles. The van der Waals surface area contributed by atoms with E-state index in [2.05, 4.69) is 34.3 Å². The molecule has 2 heterocycles. The molecule has 0 radical (unpaired) electrons. The number of carbonyl (C=O) groups is 3. The molecule has 214 valence electrons. The molecule has 2 aromatic carbocycles. The Morgan fingerprint density at radius 2 is 1.98 bits per heavy atom. The van der Waals surface area contributed by atoms with E-state index in [9.17, 15) is 19.5 Å². The van der Waals surface area contributed by atoms with E-state index < -0.39 is 23.8 Å². The Morgan fingerprint density at radius 3 is 2.62 bits per heavy atom. The highest BCUT2D eigenvalue weighted by Gasteiger charge is 2.31. The Balaban J connectivity index is 1.57. The first-order valence-corrected chi connectivity index (χ1v) is 13.6. The molecule has 0 saturated carbocycles. The normalized spacial score (nSPS) is 18.4. The maximum Gasteiger partial charge on any atom is 0.326 e. The van der Waals surface area contributed by atoms with Crippen LogP contribution < -0.4 is 15.8 Å². The van der Waals surface area contributed by atoms with Crippen molar-refractivity contribution in [1.82, 2.24) is 15.2 Å². The number of fused-ring (bicyclic) bond motifs is 1. The molecule has 1 saturated heterocycles. The average Bonchev–Trinajstić information content (AvgIpc) is 3.44. The lowest BCUT2D eigenvalue weighted by molar-refractivity contribution is -0.139. The highest BCUT2D eigenvalue weighted by Crippen LogP contribution is 2.38. The summed E-state index contributed by atoms with van der Waals surface area (Å²) in [6.07, 6.45) is 3.60. The third-order valence-corrected chi connectivity index (χ3v) is 7.60. The van der Waals surface area contributed by atoms with Gasteiger partial charge >= 0.3 is 5.97 Å². The van der Waals surface area contributed by atoms with Crippen molar-refractivity contribution in [1.29, 1.82) is 0 Å². The Hall–Kier alpha value is -3.89. The quantitative estimate of drug-likeness (QED) is 0.269. The molecule has 2 amide bonds. The van der Waals surface area contributed by atoms with Gasteiger partial charge in [-0.15, -0.1) is 0 Å². The first kappa shape index (κ1) is 29.1. The number of carbonyl (C=O) groups excluding carboxylic acids is 2. The van der Waals surface area contributed by atoms with Crippen molar-refractivity contribution in [3.05, 3.63) is 64.8 Å². The Bertz CT molecular complexity index is 1350. The number of rotatable bonds is 12. The van der Waals surface area contributed by atoms with Gasteiger partial charge in [0.05, 0.1) is 13.2 Å². The van der Waals surface area contributed by atoms with Gasteiger partial charge in [0, 0.05) is 60.4 Å². The number of benzene rings is 2. The second kappa shape index (κ2) is 13.0. The summed E-state index contributed by atoms with van der Waals surface area (Å²) in [5.41, 5.74) is 9.87. The number of carboxylic acid groups (broad SMARTS) is 1. The molecule has 5 N–H and O–H groups in total. The van der Waals surface area contributed by atoms with Gasteiger partial charge in [0.25, 0.3) is 5.91 Å². The number of aryl methyl sites for hydroxylation is 1. The van der Waals surface area contributed by atoms with Crippen LogP contribution in [0.15, 0.2) is 42.6 Å². The monoisotopic (exact) mass is 550 g/mol. The fraction of sp³-hybridized carbons (Fsp3) is 0.433. The molecule has 4 rings (SSSR count). The van der Waals surface area contributed by atoms with E-state index in [-0.39, 0.29) is 25.0 Å². The van der Waals surface area contributed by atoms with E-state index in [0.717, 1.165) is 52.7 Å². The van der Waals surface area contributed by atoms with Crippen LogP contribution in [0.4, 0.5) is 0 Å². The topological polar surface area (TPSA) is 147 Å². The van der Waals surface area contributed by atoms with E-state index >= 15 is 0 Å². The van der Waals surface area contributed by atoms with Crippen molar-refractivity contribution < 1.29 is 29.0 Å². The minimum absolute atomic E-state index is 0.0461. The number of piperidine rings is 1. The number of H-pyrrole nitrogens is 1. The molecule has 0 bridgehead atoms. The number of aromatic nitrogens is 1. The lowest BCUT2D eigenvalue weighted by Gasteiger charge is -2.40. The second-order valence-electron chi connectivity index (χ2n) is 10.2. The second-order valence-corrected chi connectivity index (χ2v) is 10.2. The Labute approximate surface area is 233 Å². The maximum atomic E-state index is 12.8. The molecule has 1 aliphatic rings. The molecule has 10 heteroatoms. The molecule has 3 aromatic rings. The minimum atomic E-state index is -1.21. The first-order valence-electron chi connectivity index (χ1n) is 13.6. The van der Waals surface area contributed by atoms with Crippen LogP contribution in [-0.4, -0.2) is 65.2 Å². The summed E-state index contributed by atoms with van der Waals surface area (Å²) in [4.78, 5) is 41.2. The number of amides is 2. The van der Waals surface area contributed by atoms with E-state index in [4.69, 9.17) is 15.2 Å². The van der Waals surface area contributed by atoms with Gasteiger partial charge < -0.3 is 30.6 Å². The van der Waals surface area contributed by atoms with Crippen LogP contribution in [0.25, 0.3) is 10.9 Å². The molecule has 3 atom stereocenters. The molecule has 1 fully saturated rings. The van der Waals surface area contributed by atoms with Crippen molar-refractivity contribution in [2.24, 2.45) is 5.73 Å². The Morgan fingerprint density at radius 1 is 1.23 bits per heavy atom. The van der Waals surface area contributed by atoms with Crippen molar-refractivity contribution in [3.8, 4) is 5.75 Å². The number of primary amides is 1. The van der Waals surface area contributed by atoms with Crippen molar-refractivity contribution in [3.63, 3.8) is 0 Å². The van der Waals surface area contributed by atoms with Gasteiger partial charge in [0.2, 0.25) is 5.91 Å². The predicted molar refractivity (Wildman–Crippen MR) is 151 cm³/mol. The van der Waals surface area contributed by atoms with Crippen LogP contribution >= 0.6 is 0 Å². The highest BCUT2D eigenvalue weighted by molar-refractivity contribution is 5.96. The number of nitrogens with zero attached hydrogens (tertiary/aromatic N) is 1. The molecule has 1 aliphatic heterocycles. The van der Waals surface area contributed by atoms with Gasteiger partial charge in [-0.05, 0) is 68.5 Å². The molecule has 0 aliphatic carbocycles. The average molecular weight is 551 g/mol. The van der Waals surface area contributed by atoms with Crippen LogP contribution in [0, 0.1) is 6.92 Å². The molecular formula is C30H38N4O6. The van der Waals surface area contributed by atoms with Crippen molar-refractivity contribution in [2.45, 2.75) is 64.3 Å². The zero-order valence-corrected chi connectivity index (χ0v) is 23.2. The third kappa shape index (κ3) is 6.63. The van der Waals surface area contributed by atoms with Crippen LogP contribution in [0.1, 0.15) is 65.7 Å². The van der Waals surface area contributed by atoms with Crippen molar-refractivity contribution >= 4 is 28.7 Å². The van der Waals surface area contributed by atoms with Crippen LogP contribution in [0.5, 0.6) is 5.75 Å². The predicted octanol–water partition coefficient (Wildman–Crippen LogP) is 3.68. The standard InChI is InChI=1S/C30H38N4O6/c1-4-40-21-12-14-34(17-23-22-11-13-32-28(22)18(2)15-26(23)39-3)25(16-21)19-5-7-20(8-6-19)29(36)33-24(30(37)38)9-10-27(31)35/h5-8,11,13,15,21,24-25,32H,4,9-10,12,14,16-17H2,1-3H3,(H2,31,35)(H,33,36)(H,37,38)/t21-,24-,25-/m0/s1. The number of likely N-dealkylation sites (tertiary alicyclic amines) is 1. The fourth-order valence-electron chi connectivity index (χ4n) is 5.53. The molecular weight excluding hydrogens is 512 g/mol. The number of nitrogens with one attached hydrogen (secondary N) is 2. The SMILES string of the molecule is CCO[C@H]1CCN(Cc2c(OC)cc(C)c3[nH]ccc23)[C@H](c2ccc(C(=O)N[C@@H](CCC(N)=O)C(=O)O)cc2)C1. The van der Waals surface area contributed by atoms with Crippen LogP contribution in [0.3, 0.4) is 0 Å². The van der Waals surface area contributed by atoms with Gasteiger partial charge in [0.15, 0.2) is 0 Å². The number of ether oxygens (including phenoxy) is 2. The lowest BCUT2D eigenvalue weighted by atomic mass is 9.91. The van der Waals surface area contributed by atoms with E-state index in [1.54, 1.807) is 19.2 Å². The first-order chi connectivity index (χ1) is 19.2. The van der Waals surface area contributed by atoms with Gasteiger partial charge in [-0.1, -0.05) is 12.1 Å². The fourth-order valence-corrected chi connectivity index (χ4v) is 5.53. The zero-order chi connectivity index (χ0) is 28.8. The maximum absolute atomic E-state index is 12.8. The summed E-state index contributed by atoms with van der Waals surface area (Å²) in [6.45, 7) is 6.23. The summed E-state index contributed by atoms with van der Waals surface area (Å²) in [7, 11) is 1.70. The zero-order valence-electron chi connectivity index (χ0n) is 23.2. The number of aromatic amines is 1. The van der Waals surface area contributed by atoms with E-state index in [0.29, 0.717) is 18.7 Å². The van der Waals surface area contributed by atoms with Gasteiger partial charge in [-0.3, -0.25) is 14.5 Å².